The zero-order chi connectivity index (χ0) is 31.2. The van der Waals surface area contributed by atoms with Gasteiger partial charge in [0, 0.05) is 32.1 Å². The van der Waals surface area contributed by atoms with Crippen LogP contribution in [0.1, 0.15) is 39.7 Å². The Morgan fingerprint density at radius 1 is 1.16 bits per heavy atom. The number of rotatable bonds is 6. The van der Waals surface area contributed by atoms with Gasteiger partial charge in [-0.15, -0.1) is 0 Å². The molecule has 1 spiro atoms. The first-order valence-electron chi connectivity index (χ1n) is 13.9. The summed E-state index contributed by atoms with van der Waals surface area (Å²) in [6, 6.07) is 11.6. The summed E-state index contributed by atoms with van der Waals surface area (Å²) in [6.07, 6.45) is 0.0670. The molecule has 0 bridgehead atoms. The van der Waals surface area contributed by atoms with Crippen molar-refractivity contribution in [2.24, 2.45) is 0 Å². The molecular weight excluding hydrogens is 593 g/mol. The van der Waals surface area contributed by atoms with Gasteiger partial charge in [0.05, 0.1) is 23.7 Å². The van der Waals surface area contributed by atoms with E-state index in [1.54, 1.807) is 19.1 Å². The fourth-order valence-electron chi connectivity index (χ4n) is 5.57. The van der Waals surface area contributed by atoms with Crippen LogP contribution >= 0.6 is 0 Å². The molecule has 0 aliphatic carbocycles. The Balaban J connectivity index is 1.25. The van der Waals surface area contributed by atoms with E-state index >= 15 is 0 Å². The number of hydrogen-bond donors (Lipinski definition) is 2. The molecule has 6 rings (SSSR count). The average Bonchev–Trinajstić information content (AvgIpc) is 3.44. The number of aromatic nitrogens is 5. The van der Waals surface area contributed by atoms with Crippen LogP contribution in [0.5, 0.6) is 0 Å². The van der Waals surface area contributed by atoms with Crippen molar-refractivity contribution >= 4 is 15.9 Å². The quantitative estimate of drug-likeness (QED) is 0.321. The first-order valence-corrected chi connectivity index (χ1v) is 15.4. The minimum atomic E-state index is -3.90. The number of aryl methyl sites for hydroxylation is 2. The van der Waals surface area contributed by atoms with Gasteiger partial charge in [-0.25, -0.2) is 27.5 Å². The molecule has 230 valence electrons. The van der Waals surface area contributed by atoms with E-state index < -0.39 is 39.0 Å². The predicted molar refractivity (Wildman–Crippen MR) is 154 cm³/mol. The SMILES string of the molecule is Cc1ccc(S(=O)(=O)N2CCC3(OCCn4c3nc(C(=O)NCc3ccc(F)cc3-n3cnc(C)n3)cc4=O)C(O)C2)cc1. The highest BCUT2D eigenvalue weighted by Gasteiger charge is 2.52. The van der Waals surface area contributed by atoms with Crippen molar-refractivity contribution in [1.82, 2.24) is 33.9 Å². The summed E-state index contributed by atoms with van der Waals surface area (Å²) in [6.45, 7) is 3.45. The fraction of sp³-hybridized carbons (Fsp3) is 0.345. The Morgan fingerprint density at radius 3 is 2.64 bits per heavy atom. The van der Waals surface area contributed by atoms with E-state index in [-0.39, 0.29) is 55.6 Å². The lowest BCUT2D eigenvalue weighted by Crippen LogP contribution is -2.60. The summed E-state index contributed by atoms with van der Waals surface area (Å²) in [5.41, 5.74) is -0.377. The third-order valence-corrected chi connectivity index (χ3v) is 9.82. The monoisotopic (exact) mass is 623 g/mol. The number of ether oxygens (including phenoxy) is 1. The minimum Gasteiger partial charge on any atom is -0.388 e. The van der Waals surface area contributed by atoms with E-state index in [0.717, 1.165) is 11.6 Å². The molecule has 1 saturated heterocycles. The van der Waals surface area contributed by atoms with Gasteiger partial charge in [-0.3, -0.25) is 14.2 Å². The Hall–Kier alpha value is -4.31. The Morgan fingerprint density at radius 2 is 1.93 bits per heavy atom. The number of hydrogen-bond acceptors (Lipinski definition) is 9. The van der Waals surface area contributed by atoms with E-state index in [9.17, 15) is 27.5 Å². The standard InChI is InChI=1S/C29H30FN7O6S/c1-18-3-7-22(8-4-18)44(41,42)35-10-9-29(25(38)16-35)28-33-23(14-26(39)36(28)11-12-43-29)27(40)31-15-20-5-6-21(30)13-24(20)37-17-32-19(2)34-37/h3-8,13-14,17,25,38H,9-12,15-16H2,1-2H3,(H,31,40). The normalized spacial score (nSPS) is 20.4. The number of β-amino-alcohol motifs (C(OH)–C–C–N with tert-alkyl or cyclic N) is 1. The zero-order valence-corrected chi connectivity index (χ0v) is 24.8. The molecule has 2 aliphatic rings. The summed E-state index contributed by atoms with van der Waals surface area (Å²) < 4.78 is 50.6. The summed E-state index contributed by atoms with van der Waals surface area (Å²) in [4.78, 5) is 35.1. The molecule has 4 aromatic rings. The number of sulfonamides is 1. The number of aliphatic hydroxyl groups is 1. The first-order chi connectivity index (χ1) is 21.0. The number of halogens is 1. The maximum absolute atomic E-state index is 14.0. The second kappa shape index (κ2) is 11.3. The van der Waals surface area contributed by atoms with Crippen molar-refractivity contribution in [2.75, 3.05) is 19.7 Å². The number of carbonyl (C=O) groups is 1. The van der Waals surface area contributed by atoms with E-state index in [2.05, 4.69) is 20.4 Å². The van der Waals surface area contributed by atoms with Crippen LogP contribution in [0.15, 0.2) is 64.5 Å². The molecule has 44 heavy (non-hydrogen) atoms. The number of benzene rings is 2. The van der Waals surface area contributed by atoms with Gasteiger partial charge < -0.3 is 15.2 Å². The third-order valence-electron chi connectivity index (χ3n) is 7.94. The van der Waals surface area contributed by atoms with Crippen LogP contribution in [0.25, 0.3) is 5.69 Å². The molecule has 15 heteroatoms. The number of nitrogens with zero attached hydrogens (tertiary/aromatic N) is 6. The first kappa shape index (κ1) is 29.7. The molecule has 2 N–H and O–H groups in total. The van der Waals surface area contributed by atoms with Crippen LogP contribution < -0.4 is 10.9 Å². The number of nitrogens with one attached hydrogen (secondary N) is 1. The van der Waals surface area contributed by atoms with E-state index in [1.807, 2.05) is 6.92 Å². The van der Waals surface area contributed by atoms with Crippen molar-refractivity contribution < 1.29 is 27.4 Å². The van der Waals surface area contributed by atoms with Gasteiger partial charge in [0.1, 0.15) is 35.6 Å². The summed E-state index contributed by atoms with van der Waals surface area (Å²) in [5.74, 6) is -0.624. The Bertz CT molecular complexity index is 1910. The lowest BCUT2D eigenvalue weighted by atomic mass is 9.87. The van der Waals surface area contributed by atoms with Crippen LogP contribution in [0.4, 0.5) is 4.39 Å². The third kappa shape index (κ3) is 5.32. The highest BCUT2D eigenvalue weighted by Crippen LogP contribution is 2.39. The second-order valence-electron chi connectivity index (χ2n) is 10.8. The zero-order valence-electron chi connectivity index (χ0n) is 24.0. The topological polar surface area (TPSA) is 162 Å². The smallest absolute Gasteiger partial charge is 0.270 e. The Kier molecular flexibility index (Phi) is 7.65. The average molecular weight is 624 g/mol. The summed E-state index contributed by atoms with van der Waals surface area (Å²) in [5, 5.41) is 18.3. The lowest BCUT2D eigenvalue weighted by molar-refractivity contribution is -0.175. The number of fused-ring (bicyclic) bond motifs is 2. The fourth-order valence-corrected chi connectivity index (χ4v) is 7.02. The van der Waals surface area contributed by atoms with Crippen LogP contribution in [0.2, 0.25) is 0 Å². The van der Waals surface area contributed by atoms with Crippen molar-refractivity contribution in [3.63, 3.8) is 0 Å². The van der Waals surface area contributed by atoms with Gasteiger partial charge >= 0.3 is 0 Å². The van der Waals surface area contributed by atoms with Gasteiger partial charge in [0.2, 0.25) is 10.0 Å². The minimum absolute atomic E-state index is 0.00529. The van der Waals surface area contributed by atoms with Gasteiger partial charge in [-0.05, 0) is 43.7 Å². The molecule has 2 atom stereocenters. The molecule has 1 amide bonds. The maximum Gasteiger partial charge on any atom is 0.270 e. The molecular formula is C29H30FN7O6S. The number of amides is 1. The van der Waals surface area contributed by atoms with Gasteiger partial charge in [-0.1, -0.05) is 23.8 Å². The predicted octanol–water partition coefficient (Wildman–Crippen LogP) is 1.19. The van der Waals surface area contributed by atoms with Crippen molar-refractivity contribution in [2.45, 2.75) is 50.0 Å². The Labute approximate surface area is 252 Å². The van der Waals surface area contributed by atoms with E-state index in [0.29, 0.717) is 17.1 Å². The number of carbonyl (C=O) groups excluding carboxylic acids is 1. The van der Waals surface area contributed by atoms with Crippen molar-refractivity contribution in [1.29, 1.82) is 0 Å². The van der Waals surface area contributed by atoms with Crippen molar-refractivity contribution in [3.8, 4) is 5.69 Å². The summed E-state index contributed by atoms with van der Waals surface area (Å²) >= 11 is 0. The van der Waals surface area contributed by atoms with Crippen LogP contribution in [0, 0.1) is 19.7 Å². The molecule has 0 radical (unpaired) electrons. The molecule has 4 heterocycles. The van der Waals surface area contributed by atoms with Crippen LogP contribution in [-0.2, 0) is 33.5 Å². The summed E-state index contributed by atoms with van der Waals surface area (Å²) in [7, 11) is -3.90. The molecule has 2 aliphatic heterocycles. The molecule has 2 unspecified atom stereocenters. The van der Waals surface area contributed by atoms with Crippen LogP contribution in [0.3, 0.4) is 0 Å². The highest BCUT2D eigenvalue weighted by molar-refractivity contribution is 7.89. The van der Waals surface area contributed by atoms with E-state index in [4.69, 9.17) is 4.74 Å². The number of aliphatic hydroxyl groups excluding tert-OH is 1. The van der Waals surface area contributed by atoms with Crippen LogP contribution in [-0.4, -0.2) is 73.9 Å². The maximum atomic E-state index is 14.0. The lowest BCUT2D eigenvalue weighted by Gasteiger charge is -2.46. The molecule has 2 aromatic heterocycles. The largest absolute Gasteiger partial charge is 0.388 e. The van der Waals surface area contributed by atoms with Crippen molar-refractivity contribution in [3.05, 3.63) is 99.5 Å². The van der Waals surface area contributed by atoms with E-state index in [1.165, 1.54) is 50.2 Å². The van der Waals surface area contributed by atoms with Gasteiger partial charge in [0.25, 0.3) is 11.5 Å². The van der Waals surface area contributed by atoms with Gasteiger partial charge in [-0.2, -0.15) is 9.40 Å². The molecule has 2 aromatic carbocycles. The number of piperidine rings is 1. The molecule has 1 fully saturated rings. The highest BCUT2D eigenvalue weighted by atomic mass is 32.2. The molecule has 13 nitrogen and oxygen atoms in total. The van der Waals surface area contributed by atoms with Gasteiger partial charge in [0.15, 0.2) is 5.60 Å². The molecule has 0 saturated carbocycles. The second-order valence-corrected chi connectivity index (χ2v) is 12.8.